The van der Waals surface area contributed by atoms with Gasteiger partial charge >= 0.3 is 0 Å². The van der Waals surface area contributed by atoms with Crippen LogP contribution in [0.1, 0.15) is 38.7 Å². The van der Waals surface area contributed by atoms with Crippen LogP contribution in [0.4, 0.5) is 14.5 Å². The van der Waals surface area contributed by atoms with Crippen molar-refractivity contribution >= 4 is 27.5 Å². The minimum absolute atomic E-state index is 0.0580. The molecule has 0 aliphatic rings. The first-order valence-electron chi connectivity index (χ1n) is 11.1. The molecule has 10 heteroatoms. The van der Waals surface area contributed by atoms with E-state index < -0.39 is 27.7 Å². The number of para-hydroxylation sites is 1. The Hall–Kier alpha value is -3.01. The van der Waals surface area contributed by atoms with Crippen LogP contribution < -0.4 is 9.62 Å². The van der Waals surface area contributed by atoms with Crippen LogP contribution in [0.3, 0.4) is 0 Å². The van der Waals surface area contributed by atoms with Gasteiger partial charge in [-0.3, -0.25) is 13.9 Å². The molecule has 0 fully saturated rings. The molecule has 2 aromatic carbocycles. The molecule has 0 saturated heterocycles. The zero-order valence-corrected chi connectivity index (χ0v) is 20.4. The molecule has 0 radical (unpaired) electrons. The standard InChI is InChI=1S/C24H31F2N3O4S/c1-4-21(24(31)27-5-2)28(17-18-12-14-19(25)15-13-18)23(30)11-8-16-29(34(3,32)33)22-10-7-6-9-20(22)26/h6-7,9-10,12-15,21H,4-5,8,11,16-17H2,1-3H3,(H,27,31)/t21-/m1/s1. The minimum Gasteiger partial charge on any atom is -0.355 e. The number of nitrogens with one attached hydrogen (secondary N) is 1. The minimum atomic E-state index is -3.78. The van der Waals surface area contributed by atoms with Crippen LogP contribution in [0.5, 0.6) is 0 Å². The third kappa shape index (κ3) is 7.51. The molecule has 2 amide bonds. The molecule has 2 rings (SSSR count). The van der Waals surface area contributed by atoms with Crippen molar-refractivity contribution in [2.45, 2.75) is 45.7 Å². The Bertz CT molecular complexity index is 1080. The highest BCUT2D eigenvalue weighted by Gasteiger charge is 2.28. The van der Waals surface area contributed by atoms with E-state index in [1.807, 2.05) is 0 Å². The highest BCUT2D eigenvalue weighted by molar-refractivity contribution is 7.92. The Morgan fingerprint density at radius 3 is 2.24 bits per heavy atom. The summed E-state index contributed by atoms with van der Waals surface area (Å²) in [6.45, 7) is 3.96. The monoisotopic (exact) mass is 495 g/mol. The molecule has 0 spiro atoms. The molecule has 0 unspecified atom stereocenters. The SMILES string of the molecule is CCNC(=O)[C@@H](CC)N(Cc1ccc(F)cc1)C(=O)CCCN(c1ccccc1F)S(C)(=O)=O. The summed E-state index contributed by atoms with van der Waals surface area (Å²) in [5.41, 5.74) is 0.566. The average Bonchev–Trinajstić information content (AvgIpc) is 2.78. The number of benzene rings is 2. The van der Waals surface area contributed by atoms with E-state index in [0.29, 0.717) is 18.5 Å². The summed E-state index contributed by atoms with van der Waals surface area (Å²) >= 11 is 0. The maximum absolute atomic E-state index is 14.2. The van der Waals surface area contributed by atoms with Gasteiger partial charge in [0.1, 0.15) is 17.7 Å². The molecule has 186 valence electrons. The van der Waals surface area contributed by atoms with Gasteiger partial charge in [0.15, 0.2) is 0 Å². The molecule has 0 aliphatic heterocycles. The van der Waals surface area contributed by atoms with Gasteiger partial charge < -0.3 is 10.2 Å². The second-order valence-electron chi connectivity index (χ2n) is 7.86. The lowest BCUT2D eigenvalue weighted by Crippen LogP contribution is -2.49. The first-order chi connectivity index (χ1) is 16.1. The number of anilines is 1. The molecule has 34 heavy (non-hydrogen) atoms. The summed E-state index contributed by atoms with van der Waals surface area (Å²) < 4.78 is 53.0. The lowest BCUT2D eigenvalue weighted by molar-refractivity contribution is -0.141. The van der Waals surface area contributed by atoms with Crippen molar-refractivity contribution in [1.29, 1.82) is 0 Å². The van der Waals surface area contributed by atoms with E-state index in [1.165, 1.54) is 41.3 Å². The smallest absolute Gasteiger partial charge is 0.242 e. The van der Waals surface area contributed by atoms with Crippen LogP contribution in [0.25, 0.3) is 0 Å². The highest BCUT2D eigenvalue weighted by Crippen LogP contribution is 2.22. The number of likely N-dealkylation sites (N-methyl/N-ethyl adjacent to an activating group) is 1. The largest absolute Gasteiger partial charge is 0.355 e. The molecular weight excluding hydrogens is 464 g/mol. The van der Waals surface area contributed by atoms with Crippen molar-refractivity contribution in [1.82, 2.24) is 10.2 Å². The van der Waals surface area contributed by atoms with Gasteiger partial charge in [-0.1, -0.05) is 31.2 Å². The fraction of sp³-hybridized carbons (Fsp3) is 0.417. The zero-order valence-electron chi connectivity index (χ0n) is 19.6. The Balaban J connectivity index is 2.20. The second kappa shape index (κ2) is 12.5. The lowest BCUT2D eigenvalue weighted by atomic mass is 10.1. The summed E-state index contributed by atoms with van der Waals surface area (Å²) in [7, 11) is -3.78. The number of hydrogen-bond donors (Lipinski definition) is 1. The first kappa shape index (κ1) is 27.2. The summed E-state index contributed by atoms with van der Waals surface area (Å²) in [6.07, 6.45) is 1.40. The predicted octanol–water partition coefficient (Wildman–Crippen LogP) is 3.45. The van der Waals surface area contributed by atoms with E-state index in [1.54, 1.807) is 26.0 Å². The number of sulfonamides is 1. The van der Waals surface area contributed by atoms with Crippen LogP contribution in [0, 0.1) is 11.6 Å². The Morgan fingerprint density at radius 1 is 1.03 bits per heavy atom. The van der Waals surface area contributed by atoms with Gasteiger partial charge in [0, 0.05) is 26.1 Å². The normalized spacial score (nSPS) is 12.1. The number of amides is 2. The summed E-state index contributed by atoms with van der Waals surface area (Å²) in [5, 5.41) is 2.73. The topological polar surface area (TPSA) is 86.8 Å². The third-order valence-corrected chi connectivity index (χ3v) is 6.46. The maximum Gasteiger partial charge on any atom is 0.242 e. The van der Waals surface area contributed by atoms with Crippen molar-refractivity contribution in [2.24, 2.45) is 0 Å². The van der Waals surface area contributed by atoms with Crippen molar-refractivity contribution in [3.05, 3.63) is 65.7 Å². The van der Waals surface area contributed by atoms with E-state index in [2.05, 4.69) is 5.32 Å². The fourth-order valence-electron chi connectivity index (χ4n) is 3.63. The number of halogens is 2. The lowest BCUT2D eigenvalue weighted by Gasteiger charge is -2.31. The van der Waals surface area contributed by atoms with Gasteiger partial charge in [0.2, 0.25) is 21.8 Å². The quantitative estimate of drug-likeness (QED) is 0.489. The van der Waals surface area contributed by atoms with E-state index >= 15 is 0 Å². The molecule has 2 aromatic rings. The molecule has 7 nitrogen and oxygen atoms in total. The van der Waals surface area contributed by atoms with E-state index in [0.717, 1.165) is 10.6 Å². The molecular formula is C24H31F2N3O4S. The van der Waals surface area contributed by atoms with Crippen LogP contribution in [-0.2, 0) is 26.2 Å². The van der Waals surface area contributed by atoms with Gasteiger partial charge in [0.05, 0.1) is 11.9 Å². The molecule has 0 heterocycles. The maximum atomic E-state index is 14.2. The van der Waals surface area contributed by atoms with E-state index in [4.69, 9.17) is 0 Å². The van der Waals surface area contributed by atoms with Gasteiger partial charge in [-0.25, -0.2) is 17.2 Å². The fourth-order valence-corrected chi connectivity index (χ4v) is 4.60. The molecule has 0 aliphatic carbocycles. The number of nitrogens with zero attached hydrogens (tertiary/aromatic N) is 2. The van der Waals surface area contributed by atoms with Crippen molar-refractivity contribution < 1.29 is 26.8 Å². The van der Waals surface area contributed by atoms with E-state index in [9.17, 15) is 26.8 Å². The first-order valence-corrected chi connectivity index (χ1v) is 13.0. The molecule has 0 aromatic heterocycles. The van der Waals surface area contributed by atoms with Gasteiger partial charge in [-0.05, 0) is 49.6 Å². The van der Waals surface area contributed by atoms with Crippen molar-refractivity contribution in [3.8, 4) is 0 Å². The van der Waals surface area contributed by atoms with E-state index in [-0.39, 0.29) is 43.4 Å². The molecule has 1 atom stereocenters. The Kier molecular flexibility index (Phi) is 9.97. The molecule has 1 N–H and O–H groups in total. The highest BCUT2D eigenvalue weighted by atomic mass is 32.2. The number of carbonyl (C=O) groups excluding carboxylic acids is 2. The van der Waals surface area contributed by atoms with Crippen LogP contribution in [-0.4, -0.2) is 50.5 Å². The zero-order chi connectivity index (χ0) is 25.3. The molecule has 0 saturated carbocycles. The van der Waals surface area contributed by atoms with Crippen LogP contribution >= 0.6 is 0 Å². The van der Waals surface area contributed by atoms with Crippen LogP contribution in [0.2, 0.25) is 0 Å². The predicted molar refractivity (Wildman–Crippen MR) is 128 cm³/mol. The van der Waals surface area contributed by atoms with Gasteiger partial charge in [-0.15, -0.1) is 0 Å². The van der Waals surface area contributed by atoms with Gasteiger partial charge in [-0.2, -0.15) is 0 Å². The van der Waals surface area contributed by atoms with Crippen molar-refractivity contribution in [3.63, 3.8) is 0 Å². The Labute approximate surface area is 199 Å². The number of rotatable bonds is 12. The second-order valence-corrected chi connectivity index (χ2v) is 9.76. The van der Waals surface area contributed by atoms with Crippen LogP contribution in [0.15, 0.2) is 48.5 Å². The Morgan fingerprint density at radius 2 is 1.68 bits per heavy atom. The third-order valence-electron chi connectivity index (χ3n) is 5.28. The summed E-state index contributed by atoms with van der Waals surface area (Å²) in [5.74, 6) is -1.75. The summed E-state index contributed by atoms with van der Waals surface area (Å²) in [4.78, 5) is 27.2. The summed E-state index contributed by atoms with van der Waals surface area (Å²) in [6, 6.07) is 10.4. The van der Waals surface area contributed by atoms with Gasteiger partial charge in [0.25, 0.3) is 0 Å². The molecule has 0 bridgehead atoms. The number of carbonyl (C=O) groups is 2. The number of hydrogen-bond acceptors (Lipinski definition) is 4. The average molecular weight is 496 g/mol. The van der Waals surface area contributed by atoms with Crippen molar-refractivity contribution in [2.75, 3.05) is 23.7 Å².